The van der Waals surface area contributed by atoms with Crippen LogP contribution in [0.3, 0.4) is 0 Å². The van der Waals surface area contributed by atoms with Gasteiger partial charge in [0.25, 0.3) is 0 Å². The third-order valence-corrected chi connectivity index (χ3v) is 3.09. The lowest BCUT2D eigenvalue weighted by atomic mass is 10.00. The molecule has 0 aromatic heterocycles. The molecule has 0 spiro atoms. The number of carbonyl (C=O) groups excluding carboxylic acids is 1. The number of hydrogen-bond donors (Lipinski definition) is 0. The first kappa shape index (κ1) is 15.6. The molecule has 0 saturated carbocycles. The lowest BCUT2D eigenvalue weighted by Gasteiger charge is -2.09. The Morgan fingerprint density at radius 2 is 1.59 bits per heavy atom. The zero-order chi connectivity index (χ0) is 15.8. The van der Waals surface area contributed by atoms with Crippen LogP contribution in [-0.2, 0) is 9.53 Å². The van der Waals surface area contributed by atoms with Gasteiger partial charge in [-0.3, -0.25) is 0 Å². The van der Waals surface area contributed by atoms with Crippen LogP contribution in [0.4, 0.5) is 0 Å². The highest BCUT2D eigenvalue weighted by Crippen LogP contribution is 2.23. The Labute approximate surface area is 130 Å². The summed E-state index contributed by atoms with van der Waals surface area (Å²) in [6.45, 7) is 7.95. The molecule has 2 aromatic rings. The smallest absolute Gasteiger partial charge is 0.330 e. The first-order chi connectivity index (χ1) is 10.7. The second-order valence-corrected chi connectivity index (χ2v) is 4.59. The van der Waals surface area contributed by atoms with Crippen LogP contribution in [0, 0.1) is 0 Å². The standard InChI is InChI=1S/C19H18O3/c1-3-19(20)22-14-13-21-18-11-9-17(10-12-18)15(2)16-7-5-4-6-8-16/h3-12H,1-2,13-14H2. The molecule has 0 unspecified atom stereocenters. The first-order valence-electron chi connectivity index (χ1n) is 6.97. The molecule has 0 heterocycles. The van der Waals surface area contributed by atoms with Gasteiger partial charge in [-0.05, 0) is 28.8 Å². The van der Waals surface area contributed by atoms with Crippen LogP contribution < -0.4 is 4.74 Å². The van der Waals surface area contributed by atoms with Crippen molar-refractivity contribution in [1.82, 2.24) is 0 Å². The minimum atomic E-state index is -0.446. The van der Waals surface area contributed by atoms with E-state index in [1.165, 1.54) is 0 Å². The van der Waals surface area contributed by atoms with Gasteiger partial charge < -0.3 is 9.47 Å². The Balaban J connectivity index is 1.89. The third kappa shape index (κ3) is 4.35. The number of benzene rings is 2. The van der Waals surface area contributed by atoms with Crippen molar-refractivity contribution in [3.05, 3.63) is 85.0 Å². The molecule has 0 aliphatic carbocycles. The van der Waals surface area contributed by atoms with E-state index >= 15 is 0 Å². The highest BCUT2D eigenvalue weighted by molar-refractivity contribution is 5.81. The first-order valence-corrected chi connectivity index (χ1v) is 6.97. The highest BCUT2D eigenvalue weighted by Gasteiger charge is 2.02. The molecular formula is C19H18O3. The van der Waals surface area contributed by atoms with Gasteiger partial charge in [0.15, 0.2) is 0 Å². The summed E-state index contributed by atoms with van der Waals surface area (Å²) in [6, 6.07) is 17.7. The molecule has 0 saturated heterocycles. The highest BCUT2D eigenvalue weighted by atomic mass is 16.6. The van der Waals surface area contributed by atoms with Crippen molar-refractivity contribution < 1.29 is 14.3 Å². The average Bonchev–Trinajstić information content (AvgIpc) is 2.59. The monoisotopic (exact) mass is 294 g/mol. The fraction of sp³-hybridized carbons (Fsp3) is 0.105. The number of rotatable bonds is 7. The van der Waals surface area contributed by atoms with E-state index in [2.05, 4.69) is 13.2 Å². The maximum atomic E-state index is 10.9. The summed E-state index contributed by atoms with van der Waals surface area (Å²) in [5.74, 6) is 0.275. The molecule has 3 nitrogen and oxygen atoms in total. The topological polar surface area (TPSA) is 35.5 Å². The molecule has 0 N–H and O–H groups in total. The Bertz CT molecular complexity index is 642. The van der Waals surface area contributed by atoms with Crippen molar-refractivity contribution in [2.75, 3.05) is 13.2 Å². The minimum Gasteiger partial charge on any atom is -0.490 e. The van der Waals surface area contributed by atoms with E-state index in [-0.39, 0.29) is 6.61 Å². The van der Waals surface area contributed by atoms with Gasteiger partial charge in [-0.1, -0.05) is 55.6 Å². The summed E-state index contributed by atoms with van der Waals surface area (Å²) in [5, 5.41) is 0. The Kier molecular flexibility index (Phi) is 5.55. The molecule has 2 aromatic carbocycles. The molecule has 0 atom stereocenters. The molecule has 2 rings (SSSR count). The lowest BCUT2D eigenvalue weighted by molar-refractivity contribution is -0.138. The molecular weight excluding hydrogens is 276 g/mol. The van der Waals surface area contributed by atoms with Gasteiger partial charge >= 0.3 is 5.97 Å². The largest absolute Gasteiger partial charge is 0.490 e. The second kappa shape index (κ2) is 7.84. The van der Waals surface area contributed by atoms with E-state index in [0.29, 0.717) is 6.61 Å². The molecule has 0 amide bonds. The van der Waals surface area contributed by atoms with Crippen molar-refractivity contribution in [2.45, 2.75) is 0 Å². The van der Waals surface area contributed by atoms with Gasteiger partial charge in [-0.15, -0.1) is 0 Å². The number of esters is 1. The summed E-state index contributed by atoms with van der Waals surface area (Å²) in [7, 11) is 0. The summed E-state index contributed by atoms with van der Waals surface area (Å²) >= 11 is 0. The van der Waals surface area contributed by atoms with E-state index in [1.54, 1.807) is 0 Å². The molecule has 112 valence electrons. The Hall–Kier alpha value is -2.81. The second-order valence-electron chi connectivity index (χ2n) is 4.59. The van der Waals surface area contributed by atoms with Crippen molar-refractivity contribution in [3.8, 4) is 5.75 Å². The number of ether oxygens (including phenoxy) is 2. The van der Waals surface area contributed by atoms with Gasteiger partial charge in [0, 0.05) is 6.08 Å². The predicted octanol–water partition coefficient (Wildman–Crippen LogP) is 3.86. The summed E-state index contributed by atoms with van der Waals surface area (Å²) in [6.07, 6.45) is 1.13. The van der Waals surface area contributed by atoms with E-state index in [1.807, 2.05) is 54.6 Å². The Morgan fingerprint density at radius 3 is 2.23 bits per heavy atom. The van der Waals surface area contributed by atoms with Crippen molar-refractivity contribution in [2.24, 2.45) is 0 Å². The maximum Gasteiger partial charge on any atom is 0.330 e. The van der Waals surface area contributed by atoms with Crippen molar-refractivity contribution in [3.63, 3.8) is 0 Å². The van der Waals surface area contributed by atoms with Crippen LogP contribution in [-0.4, -0.2) is 19.2 Å². The van der Waals surface area contributed by atoms with Crippen LogP contribution in [0.2, 0.25) is 0 Å². The van der Waals surface area contributed by atoms with E-state index in [4.69, 9.17) is 9.47 Å². The van der Waals surface area contributed by atoms with Crippen LogP contribution in [0.25, 0.3) is 5.57 Å². The van der Waals surface area contributed by atoms with Crippen LogP contribution in [0.15, 0.2) is 73.8 Å². The van der Waals surface area contributed by atoms with Gasteiger partial charge in [-0.2, -0.15) is 0 Å². The van der Waals surface area contributed by atoms with Crippen LogP contribution >= 0.6 is 0 Å². The average molecular weight is 294 g/mol. The fourth-order valence-corrected chi connectivity index (χ4v) is 1.92. The molecule has 3 heteroatoms. The van der Waals surface area contributed by atoms with E-state index < -0.39 is 5.97 Å². The molecule has 0 aliphatic heterocycles. The zero-order valence-corrected chi connectivity index (χ0v) is 12.3. The van der Waals surface area contributed by atoms with Crippen LogP contribution in [0.1, 0.15) is 11.1 Å². The molecule has 0 fully saturated rings. The molecule has 22 heavy (non-hydrogen) atoms. The van der Waals surface area contributed by atoms with Gasteiger partial charge in [0.2, 0.25) is 0 Å². The quantitative estimate of drug-likeness (QED) is 0.442. The summed E-state index contributed by atoms with van der Waals surface area (Å²) in [5.41, 5.74) is 3.09. The lowest BCUT2D eigenvalue weighted by Crippen LogP contribution is -2.10. The predicted molar refractivity (Wildman–Crippen MR) is 87.7 cm³/mol. The maximum absolute atomic E-state index is 10.9. The summed E-state index contributed by atoms with van der Waals surface area (Å²) in [4.78, 5) is 10.9. The van der Waals surface area contributed by atoms with Gasteiger partial charge in [0.1, 0.15) is 19.0 Å². The van der Waals surface area contributed by atoms with Crippen molar-refractivity contribution in [1.29, 1.82) is 0 Å². The fourth-order valence-electron chi connectivity index (χ4n) is 1.92. The normalized spacial score (nSPS) is 9.82. The van der Waals surface area contributed by atoms with Crippen molar-refractivity contribution >= 4 is 11.5 Å². The summed E-state index contributed by atoms with van der Waals surface area (Å²) < 4.78 is 10.3. The van der Waals surface area contributed by atoms with Crippen LogP contribution in [0.5, 0.6) is 5.75 Å². The van der Waals surface area contributed by atoms with E-state index in [0.717, 1.165) is 28.5 Å². The molecule has 0 radical (unpaired) electrons. The molecule has 0 bridgehead atoms. The Morgan fingerprint density at radius 1 is 0.955 bits per heavy atom. The van der Waals surface area contributed by atoms with Gasteiger partial charge in [0.05, 0.1) is 0 Å². The number of carbonyl (C=O) groups is 1. The third-order valence-electron chi connectivity index (χ3n) is 3.09. The minimum absolute atomic E-state index is 0.198. The zero-order valence-electron chi connectivity index (χ0n) is 12.3. The number of hydrogen-bond acceptors (Lipinski definition) is 3. The van der Waals surface area contributed by atoms with Gasteiger partial charge in [-0.25, -0.2) is 4.79 Å². The molecule has 0 aliphatic rings. The van der Waals surface area contributed by atoms with E-state index in [9.17, 15) is 4.79 Å². The SMILES string of the molecule is C=CC(=O)OCCOc1ccc(C(=C)c2ccccc2)cc1.